The van der Waals surface area contributed by atoms with Crippen LogP contribution in [0.1, 0.15) is 44.7 Å². The zero-order chi connectivity index (χ0) is 22.1. The Hall–Kier alpha value is -2.54. The number of aryl methyl sites for hydroxylation is 2. The van der Waals surface area contributed by atoms with Crippen LogP contribution in [0.4, 0.5) is 11.4 Å². The number of benzene rings is 2. The molecule has 0 spiro atoms. The van der Waals surface area contributed by atoms with E-state index in [1.165, 1.54) is 11.2 Å². The van der Waals surface area contributed by atoms with E-state index in [1.807, 2.05) is 45.9 Å². The number of sulfonamides is 1. The summed E-state index contributed by atoms with van der Waals surface area (Å²) in [4.78, 5) is 13.2. The molecule has 1 fully saturated rings. The first-order valence-electron chi connectivity index (χ1n) is 10.2. The molecule has 0 saturated carbocycles. The standard InChI is InChI=1S/C23H30N2O4S/c1-16(2)29-20-12-10-19(11-13-20)24-22(26)23(5)14-7-15-25(30(23,27)28)21-17(3)8-6-9-18(21)4/h6,8-13,16H,7,14-15H2,1-5H3,(H,24,26). The first-order valence-corrected chi connectivity index (χ1v) is 11.7. The van der Waals surface area contributed by atoms with Crippen molar-refractivity contribution in [3.63, 3.8) is 0 Å². The fourth-order valence-electron chi connectivity index (χ4n) is 3.87. The maximum atomic E-state index is 13.6. The molecule has 2 aromatic carbocycles. The second-order valence-electron chi connectivity index (χ2n) is 8.30. The van der Waals surface area contributed by atoms with Crippen LogP contribution in [0.5, 0.6) is 5.75 Å². The zero-order valence-corrected chi connectivity index (χ0v) is 19.0. The molecule has 0 aliphatic carbocycles. The van der Waals surface area contributed by atoms with Crippen LogP contribution in [0.25, 0.3) is 0 Å². The van der Waals surface area contributed by atoms with Crippen molar-refractivity contribution in [1.82, 2.24) is 0 Å². The molecule has 30 heavy (non-hydrogen) atoms. The Kier molecular flexibility index (Phi) is 6.13. The molecule has 1 aliphatic heterocycles. The topological polar surface area (TPSA) is 75.7 Å². The van der Waals surface area contributed by atoms with Crippen molar-refractivity contribution in [3.05, 3.63) is 53.6 Å². The lowest BCUT2D eigenvalue weighted by molar-refractivity contribution is -0.118. The average Bonchev–Trinajstić information content (AvgIpc) is 2.66. The number of hydrogen-bond acceptors (Lipinski definition) is 4. The molecular weight excluding hydrogens is 400 g/mol. The van der Waals surface area contributed by atoms with Crippen molar-refractivity contribution in [2.45, 2.75) is 58.3 Å². The highest BCUT2D eigenvalue weighted by molar-refractivity contribution is 7.95. The van der Waals surface area contributed by atoms with Crippen molar-refractivity contribution in [2.75, 3.05) is 16.2 Å². The lowest BCUT2D eigenvalue weighted by Gasteiger charge is -2.40. The fourth-order valence-corrected chi connectivity index (χ4v) is 5.94. The van der Waals surface area contributed by atoms with Gasteiger partial charge < -0.3 is 10.1 Å². The lowest BCUT2D eigenvalue weighted by atomic mass is 10.0. The van der Waals surface area contributed by atoms with Gasteiger partial charge in [-0.1, -0.05) is 18.2 Å². The van der Waals surface area contributed by atoms with Gasteiger partial charge in [0.25, 0.3) is 0 Å². The summed E-state index contributed by atoms with van der Waals surface area (Å²) in [5.74, 6) is 0.177. The first kappa shape index (κ1) is 22.2. The number of ether oxygens (including phenoxy) is 1. The molecule has 2 aromatic rings. The summed E-state index contributed by atoms with van der Waals surface area (Å²) < 4.78 is 32.7. The summed E-state index contributed by atoms with van der Waals surface area (Å²) in [6, 6.07) is 12.7. The summed E-state index contributed by atoms with van der Waals surface area (Å²) in [5, 5.41) is 2.79. The number of anilines is 2. The maximum Gasteiger partial charge on any atom is 0.249 e. The Bertz CT molecular complexity index is 1010. The lowest BCUT2D eigenvalue weighted by Crippen LogP contribution is -2.57. The molecule has 1 aliphatic rings. The fraction of sp³-hybridized carbons (Fsp3) is 0.435. The van der Waals surface area contributed by atoms with Crippen LogP contribution in [-0.4, -0.2) is 31.7 Å². The molecule has 1 amide bonds. The molecular formula is C23H30N2O4S. The second-order valence-corrected chi connectivity index (χ2v) is 10.6. The van der Waals surface area contributed by atoms with Crippen LogP contribution < -0.4 is 14.4 Å². The van der Waals surface area contributed by atoms with Crippen LogP contribution in [0.15, 0.2) is 42.5 Å². The quantitative estimate of drug-likeness (QED) is 0.762. The van der Waals surface area contributed by atoms with Gasteiger partial charge in [-0.05, 0) is 82.9 Å². The van der Waals surface area contributed by atoms with Crippen molar-refractivity contribution in [1.29, 1.82) is 0 Å². The van der Waals surface area contributed by atoms with Gasteiger partial charge in [0.05, 0.1) is 11.8 Å². The number of carbonyl (C=O) groups is 1. The van der Waals surface area contributed by atoms with Gasteiger partial charge in [0.1, 0.15) is 5.75 Å². The Labute approximate surface area is 179 Å². The van der Waals surface area contributed by atoms with Gasteiger partial charge in [-0.25, -0.2) is 8.42 Å². The van der Waals surface area contributed by atoms with E-state index in [-0.39, 0.29) is 12.5 Å². The van der Waals surface area contributed by atoms with Crippen LogP contribution >= 0.6 is 0 Å². The van der Waals surface area contributed by atoms with Crippen molar-refractivity contribution < 1.29 is 17.9 Å². The Morgan fingerprint density at radius 3 is 2.27 bits per heavy atom. The third-order valence-electron chi connectivity index (χ3n) is 5.53. The molecule has 0 aromatic heterocycles. The van der Waals surface area contributed by atoms with E-state index in [9.17, 15) is 13.2 Å². The number of para-hydroxylation sites is 1. The number of nitrogens with one attached hydrogen (secondary N) is 1. The molecule has 3 rings (SSSR count). The molecule has 7 heteroatoms. The van der Waals surface area contributed by atoms with Gasteiger partial charge in [-0.15, -0.1) is 0 Å². The van der Waals surface area contributed by atoms with E-state index < -0.39 is 20.7 Å². The summed E-state index contributed by atoms with van der Waals surface area (Å²) in [7, 11) is -3.91. The minimum atomic E-state index is -3.91. The third-order valence-corrected chi connectivity index (χ3v) is 8.00. The van der Waals surface area contributed by atoms with Gasteiger partial charge >= 0.3 is 0 Å². The largest absolute Gasteiger partial charge is 0.491 e. The minimum absolute atomic E-state index is 0.0487. The normalized spacial score (nSPS) is 20.8. The summed E-state index contributed by atoms with van der Waals surface area (Å²) in [5.41, 5.74) is 2.97. The highest BCUT2D eigenvalue weighted by Gasteiger charge is 2.52. The highest BCUT2D eigenvalue weighted by atomic mass is 32.2. The summed E-state index contributed by atoms with van der Waals surface area (Å²) >= 11 is 0. The number of hydrogen-bond donors (Lipinski definition) is 1. The smallest absolute Gasteiger partial charge is 0.249 e. The van der Waals surface area contributed by atoms with E-state index in [4.69, 9.17) is 4.74 Å². The van der Waals surface area contributed by atoms with E-state index in [0.29, 0.717) is 30.1 Å². The van der Waals surface area contributed by atoms with Crippen LogP contribution in [0, 0.1) is 13.8 Å². The molecule has 162 valence electrons. The SMILES string of the molecule is Cc1cccc(C)c1N1CCCC(C)(C(=O)Nc2ccc(OC(C)C)cc2)S1(=O)=O. The van der Waals surface area contributed by atoms with Gasteiger partial charge in [0, 0.05) is 12.2 Å². The van der Waals surface area contributed by atoms with Crippen LogP contribution in [-0.2, 0) is 14.8 Å². The predicted molar refractivity (Wildman–Crippen MR) is 121 cm³/mol. The number of carbonyl (C=O) groups excluding carboxylic acids is 1. The van der Waals surface area contributed by atoms with Gasteiger partial charge in [-0.2, -0.15) is 0 Å². The van der Waals surface area contributed by atoms with Crippen molar-refractivity contribution in [2.24, 2.45) is 0 Å². The number of rotatable bonds is 5. The van der Waals surface area contributed by atoms with Crippen LogP contribution in [0.3, 0.4) is 0 Å². The third kappa shape index (κ3) is 4.03. The predicted octanol–water partition coefficient (Wildman–Crippen LogP) is 4.42. The molecule has 1 N–H and O–H groups in total. The molecule has 1 saturated heterocycles. The van der Waals surface area contributed by atoms with Crippen molar-refractivity contribution in [3.8, 4) is 5.75 Å². The molecule has 6 nitrogen and oxygen atoms in total. The maximum absolute atomic E-state index is 13.6. The molecule has 1 unspecified atom stereocenters. The number of nitrogens with zero attached hydrogens (tertiary/aromatic N) is 1. The van der Waals surface area contributed by atoms with Crippen molar-refractivity contribution >= 4 is 27.3 Å². The van der Waals surface area contributed by atoms with E-state index >= 15 is 0 Å². The van der Waals surface area contributed by atoms with Crippen LogP contribution in [0.2, 0.25) is 0 Å². The molecule has 1 heterocycles. The molecule has 1 atom stereocenters. The summed E-state index contributed by atoms with van der Waals surface area (Å²) in [6.45, 7) is 9.56. The van der Waals surface area contributed by atoms with Gasteiger partial charge in [-0.3, -0.25) is 9.10 Å². The molecule has 0 bridgehead atoms. The van der Waals surface area contributed by atoms with Gasteiger partial charge in [0.2, 0.25) is 15.9 Å². The summed E-state index contributed by atoms with van der Waals surface area (Å²) in [6.07, 6.45) is 0.933. The highest BCUT2D eigenvalue weighted by Crippen LogP contribution is 2.38. The van der Waals surface area contributed by atoms with E-state index in [2.05, 4.69) is 5.32 Å². The Morgan fingerprint density at radius 2 is 1.70 bits per heavy atom. The number of amides is 1. The van der Waals surface area contributed by atoms with E-state index in [1.54, 1.807) is 24.3 Å². The zero-order valence-electron chi connectivity index (χ0n) is 18.2. The average molecular weight is 431 g/mol. The monoisotopic (exact) mass is 430 g/mol. The first-order chi connectivity index (χ1) is 14.1. The second kappa shape index (κ2) is 8.30. The van der Waals surface area contributed by atoms with E-state index in [0.717, 1.165) is 11.1 Å². The Balaban J connectivity index is 1.88. The minimum Gasteiger partial charge on any atom is -0.491 e. The Morgan fingerprint density at radius 1 is 1.10 bits per heavy atom. The van der Waals surface area contributed by atoms with Gasteiger partial charge in [0.15, 0.2) is 4.75 Å². The molecule has 0 radical (unpaired) electrons.